The van der Waals surface area contributed by atoms with Gasteiger partial charge in [-0.2, -0.15) is 0 Å². The van der Waals surface area contributed by atoms with Crippen molar-refractivity contribution in [2.75, 3.05) is 0 Å². The monoisotopic (exact) mass is 628 g/mol. The number of nitrogens with zero attached hydrogens (tertiary/aromatic N) is 3. The lowest BCUT2D eigenvalue weighted by atomic mass is 9.95. The van der Waals surface area contributed by atoms with Crippen molar-refractivity contribution < 1.29 is 4.42 Å². The third-order valence-corrected chi connectivity index (χ3v) is 9.50. The van der Waals surface area contributed by atoms with Crippen molar-refractivity contribution in [2.24, 2.45) is 9.98 Å². The van der Waals surface area contributed by atoms with Crippen LogP contribution in [-0.2, 0) is 0 Å². The number of amidine groups is 2. The van der Waals surface area contributed by atoms with Gasteiger partial charge in [0.1, 0.15) is 23.1 Å². The Kier molecular flexibility index (Phi) is 6.18. The highest BCUT2D eigenvalue weighted by Crippen LogP contribution is 2.40. The van der Waals surface area contributed by atoms with Gasteiger partial charge in [-0.1, -0.05) is 127 Å². The molecule has 0 radical (unpaired) electrons. The second-order valence-corrected chi connectivity index (χ2v) is 12.5. The average molecular weight is 629 g/mol. The number of pyridine rings is 1. The number of rotatable bonds is 4. The minimum absolute atomic E-state index is 0.319. The zero-order valence-corrected chi connectivity index (χ0v) is 26.3. The SMILES string of the molecule is c1ccc(C2=NC(c3ccc(-c4ccc5c(ccc6ccccc65)c4)c4oc5cc6ccccc6nc5c34)=NC(c3ccccc3)N2)cc1. The Morgan fingerprint density at radius 3 is 2.14 bits per heavy atom. The summed E-state index contributed by atoms with van der Waals surface area (Å²) in [5.41, 5.74) is 8.21. The normalized spacial score (nSPS) is 14.7. The largest absolute Gasteiger partial charge is 0.454 e. The molecule has 1 atom stereocenters. The molecule has 5 nitrogen and oxygen atoms in total. The van der Waals surface area contributed by atoms with Crippen LogP contribution < -0.4 is 5.32 Å². The van der Waals surface area contributed by atoms with Crippen molar-refractivity contribution in [3.8, 4) is 11.1 Å². The molecule has 5 heteroatoms. The van der Waals surface area contributed by atoms with Crippen molar-refractivity contribution in [3.63, 3.8) is 0 Å². The lowest BCUT2D eigenvalue weighted by molar-refractivity contribution is 0.669. The van der Waals surface area contributed by atoms with Crippen molar-refractivity contribution in [3.05, 3.63) is 174 Å². The fourth-order valence-electron chi connectivity index (χ4n) is 7.10. The molecule has 230 valence electrons. The number of benzene rings is 7. The van der Waals surface area contributed by atoms with Crippen molar-refractivity contribution in [2.45, 2.75) is 6.17 Å². The topological polar surface area (TPSA) is 62.8 Å². The van der Waals surface area contributed by atoms with E-state index in [-0.39, 0.29) is 6.17 Å². The second-order valence-electron chi connectivity index (χ2n) is 12.5. The summed E-state index contributed by atoms with van der Waals surface area (Å²) in [4.78, 5) is 15.6. The predicted octanol–water partition coefficient (Wildman–Crippen LogP) is 10.6. The second kappa shape index (κ2) is 11.0. The first-order valence-electron chi connectivity index (χ1n) is 16.5. The van der Waals surface area contributed by atoms with Crippen molar-refractivity contribution in [1.82, 2.24) is 10.3 Å². The van der Waals surface area contributed by atoms with Crippen LogP contribution in [0.15, 0.2) is 172 Å². The van der Waals surface area contributed by atoms with E-state index in [0.717, 1.165) is 66.6 Å². The molecule has 3 heterocycles. The summed E-state index contributed by atoms with van der Waals surface area (Å²) in [6.45, 7) is 0. The highest BCUT2D eigenvalue weighted by Gasteiger charge is 2.25. The van der Waals surface area contributed by atoms with Gasteiger partial charge in [-0.3, -0.25) is 0 Å². The minimum Gasteiger partial charge on any atom is -0.454 e. The number of hydrogen-bond acceptors (Lipinski definition) is 5. The molecular weight excluding hydrogens is 601 g/mol. The maximum absolute atomic E-state index is 6.80. The molecule has 9 aromatic rings. The predicted molar refractivity (Wildman–Crippen MR) is 201 cm³/mol. The third-order valence-electron chi connectivity index (χ3n) is 9.50. The van der Waals surface area contributed by atoms with Gasteiger partial charge < -0.3 is 9.73 Å². The molecule has 1 aliphatic rings. The first-order valence-corrected chi connectivity index (χ1v) is 16.5. The van der Waals surface area contributed by atoms with Gasteiger partial charge in [0.15, 0.2) is 11.4 Å². The molecule has 2 aromatic heterocycles. The standard InChI is InChI=1S/C44H28N4O/c1-3-12-28(13-4-1)42-46-43(29-14-5-2-6-15-29)48-44(47-42)36-24-23-35(31-21-22-34-30(25-31)20-19-27-11-7-9-17-33(27)34)41-39(36)40-38(49-41)26-32-16-8-10-18-37(32)45-40/h1-26,42H,(H,46,47,48). The summed E-state index contributed by atoms with van der Waals surface area (Å²) in [6.07, 6.45) is -0.319. The van der Waals surface area contributed by atoms with Gasteiger partial charge in [0.05, 0.1) is 10.9 Å². The summed E-state index contributed by atoms with van der Waals surface area (Å²) < 4.78 is 6.80. The van der Waals surface area contributed by atoms with Crippen LogP contribution in [0.2, 0.25) is 0 Å². The number of hydrogen-bond donors (Lipinski definition) is 1. The Hall–Kier alpha value is -6.59. The van der Waals surface area contributed by atoms with Crippen LogP contribution in [0.25, 0.3) is 65.6 Å². The molecule has 49 heavy (non-hydrogen) atoms. The van der Waals surface area contributed by atoms with Crippen molar-refractivity contribution in [1.29, 1.82) is 0 Å². The maximum Gasteiger partial charge on any atom is 0.160 e. The van der Waals surface area contributed by atoms with E-state index >= 15 is 0 Å². The quantitative estimate of drug-likeness (QED) is 0.197. The zero-order valence-electron chi connectivity index (χ0n) is 26.3. The molecule has 0 aliphatic carbocycles. The van der Waals surface area contributed by atoms with Crippen LogP contribution in [0.1, 0.15) is 22.9 Å². The molecule has 0 saturated carbocycles. The highest BCUT2D eigenvalue weighted by molar-refractivity contribution is 6.23. The summed E-state index contributed by atoms with van der Waals surface area (Å²) >= 11 is 0. The van der Waals surface area contributed by atoms with E-state index in [0.29, 0.717) is 5.84 Å². The number of aliphatic imine (C=N–C) groups is 2. The van der Waals surface area contributed by atoms with E-state index in [1.54, 1.807) is 0 Å². The molecular formula is C44H28N4O. The summed E-state index contributed by atoms with van der Waals surface area (Å²) in [6, 6.07) is 54.6. The van der Waals surface area contributed by atoms with Crippen molar-refractivity contribution >= 4 is 66.2 Å². The van der Waals surface area contributed by atoms with Crippen LogP contribution in [0.4, 0.5) is 0 Å². The highest BCUT2D eigenvalue weighted by atomic mass is 16.3. The lowest BCUT2D eigenvalue weighted by Crippen LogP contribution is -2.33. The van der Waals surface area contributed by atoms with Gasteiger partial charge >= 0.3 is 0 Å². The summed E-state index contributed by atoms with van der Waals surface area (Å²) in [5.74, 6) is 1.40. The molecule has 7 aromatic carbocycles. The van der Waals surface area contributed by atoms with Gasteiger partial charge in [0.25, 0.3) is 0 Å². The Morgan fingerprint density at radius 1 is 0.551 bits per heavy atom. The number of fused-ring (bicyclic) bond motifs is 7. The molecule has 10 rings (SSSR count). The summed E-state index contributed by atoms with van der Waals surface area (Å²) in [7, 11) is 0. The Bertz CT molecular complexity index is 2800. The zero-order chi connectivity index (χ0) is 32.3. The summed E-state index contributed by atoms with van der Waals surface area (Å²) in [5, 5.41) is 10.4. The first kappa shape index (κ1) is 27.5. The molecule has 0 bridgehead atoms. The van der Waals surface area contributed by atoms with E-state index in [1.807, 2.05) is 54.6 Å². The van der Waals surface area contributed by atoms with Crippen LogP contribution in [-0.4, -0.2) is 16.7 Å². The number of furan rings is 1. The van der Waals surface area contributed by atoms with E-state index in [1.165, 1.54) is 21.5 Å². The van der Waals surface area contributed by atoms with Crippen LogP contribution >= 0.6 is 0 Å². The Morgan fingerprint density at radius 2 is 1.27 bits per heavy atom. The molecule has 1 N–H and O–H groups in total. The molecule has 0 saturated heterocycles. The van der Waals surface area contributed by atoms with Gasteiger partial charge in [0.2, 0.25) is 0 Å². The third kappa shape index (κ3) is 4.59. The molecule has 0 fully saturated rings. The van der Waals surface area contributed by atoms with Crippen LogP contribution in [0, 0.1) is 0 Å². The average Bonchev–Trinajstić information content (AvgIpc) is 3.55. The smallest absolute Gasteiger partial charge is 0.160 e. The number of para-hydroxylation sites is 1. The van der Waals surface area contributed by atoms with E-state index in [9.17, 15) is 0 Å². The number of aromatic nitrogens is 1. The first-order chi connectivity index (χ1) is 24.3. The van der Waals surface area contributed by atoms with Gasteiger partial charge in [0, 0.05) is 22.1 Å². The maximum atomic E-state index is 6.80. The molecule has 0 amide bonds. The van der Waals surface area contributed by atoms with E-state index < -0.39 is 0 Å². The van der Waals surface area contributed by atoms with Gasteiger partial charge in [-0.05, 0) is 63.0 Å². The van der Waals surface area contributed by atoms with Crippen LogP contribution in [0.3, 0.4) is 0 Å². The minimum atomic E-state index is -0.319. The van der Waals surface area contributed by atoms with Crippen LogP contribution in [0.5, 0.6) is 0 Å². The Balaban J connectivity index is 1.23. The van der Waals surface area contributed by atoms with E-state index in [2.05, 4.69) is 108 Å². The number of nitrogens with one attached hydrogen (secondary N) is 1. The molecule has 1 unspecified atom stereocenters. The fourth-order valence-corrected chi connectivity index (χ4v) is 7.10. The molecule has 1 aliphatic heterocycles. The lowest BCUT2D eigenvalue weighted by Gasteiger charge is -2.24. The Labute approximate surface area is 281 Å². The van der Waals surface area contributed by atoms with Gasteiger partial charge in [-0.15, -0.1) is 0 Å². The fraction of sp³-hybridized carbons (Fsp3) is 0.0227. The van der Waals surface area contributed by atoms with E-state index in [4.69, 9.17) is 19.4 Å². The van der Waals surface area contributed by atoms with Gasteiger partial charge in [-0.25, -0.2) is 15.0 Å². The molecule has 0 spiro atoms.